The van der Waals surface area contributed by atoms with Crippen LogP contribution < -0.4 is 4.74 Å². The second kappa shape index (κ2) is 15.7. The van der Waals surface area contributed by atoms with Gasteiger partial charge in [0.05, 0.1) is 26.7 Å². The molecule has 0 aliphatic heterocycles. The van der Waals surface area contributed by atoms with Crippen LogP contribution in [-0.4, -0.2) is 27.7 Å². The van der Waals surface area contributed by atoms with E-state index < -0.39 is 0 Å². The molecule has 140 valence electrons. The summed E-state index contributed by atoms with van der Waals surface area (Å²) in [7, 11) is 0. The highest BCUT2D eigenvalue weighted by Gasteiger charge is 2.05. The Morgan fingerprint density at radius 1 is 0.720 bits per heavy atom. The number of ether oxygens (including phenoxy) is 1. The van der Waals surface area contributed by atoms with Crippen molar-refractivity contribution in [2.24, 2.45) is 0 Å². The molecule has 0 fully saturated rings. The minimum Gasteiger partial charge on any atom is -0.505 e. The summed E-state index contributed by atoms with van der Waals surface area (Å²) in [6.45, 7) is 0.559. The normalized spacial score (nSPS) is 9.40. The Morgan fingerprint density at radius 2 is 1.12 bits per heavy atom. The molecule has 0 bridgehead atoms. The molecular weight excluding hydrogens is 606 g/mol. The highest BCUT2D eigenvalue weighted by Crippen LogP contribution is 2.32. The number of phenolic OH excluding ortho intramolecular Hbond substituents is 1. The lowest BCUT2D eigenvalue weighted by Crippen LogP contribution is -1.98. The number of aromatic hydroxyl groups is 1. The molecule has 1 N–H and O–H groups in total. The fraction of sp³-hybridized carbons (Fsp3) is 0.250. The van der Waals surface area contributed by atoms with Gasteiger partial charge < -0.3 is 9.84 Å². The lowest BCUT2D eigenvalue weighted by molar-refractivity contribution is 0.345. The Morgan fingerprint density at radius 3 is 1.44 bits per heavy atom. The third kappa shape index (κ3) is 11.2. The van der Waals surface area contributed by atoms with E-state index in [9.17, 15) is 0 Å². The van der Waals surface area contributed by atoms with Gasteiger partial charge in [0.1, 0.15) is 0 Å². The summed E-state index contributed by atoms with van der Waals surface area (Å²) in [4.78, 5) is 0. The fourth-order valence-electron chi connectivity index (χ4n) is 1.25. The Labute approximate surface area is 193 Å². The molecule has 0 saturated carbocycles. The van der Waals surface area contributed by atoms with Gasteiger partial charge in [0, 0.05) is 16.0 Å². The second-order valence-corrected chi connectivity index (χ2v) is 8.04. The smallest absolute Gasteiger partial charge is 0.156 e. The van der Waals surface area contributed by atoms with Crippen LogP contribution in [0.3, 0.4) is 0 Å². The first-order valence-corrected chi connectivity index (χ1v) is 11.6. The second-order valence-electron chi connectivity index (χ2n) is 4.04. The molecule has 0 aromatic heterocycles. The molecule has 0 aliphatic carbocycles. The number of benzene rings is 2. The average molecular weight is 621 g/mol. The van der Waals surface area contributed by atoms with Gasteiger partial charge in [0.25, 0.3) is 0 Å². The van der Waals surface area contributed by atoms with Crippen LogP contribution in [-0.2, 0) is 0 Å². The first kappa shape index (κ1) is 25.6. The molecule has 0 radical (unpaired) electrons. The maximum absolute atomic E-state index is 8.94. The first-order chi connectivity index (χ1) is 11.9. The molecule has 2 aromatic carbocycles. The van der Waals surface area contributed by atoms with E-state index in [0.29, 0.717) is 22.4 Å². The van der Waals surface area contributed by atoms with Crippen LogP contribution in [0.25, 0.3) is 0 Å². The van der Waals surface area contributed by atoms with Crippen molar-refractivity contribution in [2.45, 2.75) is 0 Å². The molecule has 2 aromatic rings. The number of hydrogen-bond donors (Lipinski definition) is 1. The summed E-state index contributed by atoms with van der Waals surface area (Å²) in [6, 6.07) is 10.1. The lowest BCUT2D eigenvalue weighted by Gasteiger charge is -2.07. The third-order valence-electron chi connectivity index (χ3n) is 2.25. The van der Waals surface area contributed by atoms with E-state index >= 15 is 0 Å². The highest BCUT2D eigenvalue weighted by atomic mass is 79.9. The van der Waals surface area contributed by atoms with Gasteiger partial charge >= 0.3 is 0 Å². The number of halogens is 7. The number of phenols is 1. The summed E-state index contributed by atoms with van der Waals surface area (Å²) < 4.78 is 5.31. The summed E-state index contributed by atoms with van der Waals surface area (Å²) >= 11 is 32.3. The molecule has 0 heterocycles. The van der Waals surface area contributed by atoms with Crippen molar-refractivity contribution < 1.29 is 9.84 Å². The van der Waals surface area contributed by atoms with E-state index in [1.165, 1.54) is 0 Å². The molecule has 0 unspecified atom stereocenters. The van der Waals surface area contributed by atoms with E-state index in [1.807, 2.05) is 0 Å². The summed E-state index contributed by atoms with van der Waals surface area (Å²) in [5, 5.41) is 13.4. The molecule has 2 nitrogen and oxygen atoms in total. The zero-order valence-electron chi connectivity index (χ0n) is 12.8. The van der Waals surface area contributed by atoms with Crippen LogP contribution in [0, 0.1) is 0 Å². The van der Waals surface area contributed by atoms with Gasteiger partial charge in [-0.3, -0.25) is 0 Å². The van der Waals surface area contributed by atoms with Crippen LogP contribution in [0.15, 0.2) is 36.4 Å². The molecule has 0 saturated heterocycles. The summed E-state index contributed by atoms with van der Waals surface area (Å²) in [5.74, 6) is 0.501. The van der Waals surface area contributed by atoms with Crippen molar-refractivity contribution in [3.8, 4) is 11.5 Å². The zero-order valence-corrected chi connectivity index (χ0v) is 20.6. The Bertz CT molecular complexity index is 588. The van der Waals surface area contributed by atoms with Crippen LogP contribution in [0.4, 0.5) is 0 Å². The van der Waals surface area contributed by atoms with Crippen molar-refractivity contribution in [2.75, 3.05) is 22.6 Å². The van der Waals surface area contributed by atoms with E-state index in [2.05, 4.69) is 47.8 Å². The molecule has 25 heavy (non-hydrogen) atoms. The van der Waals surface area contributed by atoms with Crippen molar-refractivity contribution in [1.29, 1.82) is 0 Å². The molecule has 0 atom stereocenters. The van der Waals surface area contributed by atoms with Crippen molar-refractivity contribution >= 4 is 94.2 Å². The zero-order chi connectivity index (χ0) is 19.2. The Kier molecular flexibility index (Phi) is 16.1. The summed E-state index contributed by atoms with van der Waals surface area (Å²) in [6.07, 6.45) is 0. The molecule has 0 amide bonds. The van der Waals surface area contributed by atoms with Crippen molar-refractivity contribution in [1.82, 2.24) is 0 Å². The van der Waals surface area contributed by atoms with Gasteiger partial charge in [-0.1, -0.05) is 106 Å². The minimum atomic E-state index is -0.0548. The van der Waals surface area contributed by atoms with Gasteiger partial charge in [0.2, 0.25) is 0 Å². The molecule has 2 rings (SSSR count). The van der Waals surface area contributed by atoms with Crippen LogP contribution >= 0.6 is 94.2 Å². The van der Waals surface area contributed by atoms with Crippen molar-refractivity contribution in [3.05, 3.63) is 56.5 Å². The Hall–Kier alpha value is 0.640. The highest BCUT2D eigenvalue weighted by molar-refractivity contribution is 9.12. The van der Waals surface area contributed by atoms with Crippen LogP contribution in [0.2, 0.25) is 20.1 Å². The number of hydrogen-bond acceptors (Lipinski definition) is 2. The summed E-state index contributed by atoms with van der Waals surface area (Å²) in [5.41, 5.74) is 0. The molecule has 0 aliphatic rings. The standard InChI is InChI=1S/C8H7BrCl2O.C6H4Cl2O.C2H4Br2/c9-4-5-12-8-6(10)2-1-3-7(8)11;7-4-2-1-3-5(8)6(4)9;3-1-2-4/h1-3H,4-5H2;1-3,9H;1-2H2. The molecule has 0 spiro atoms. The molecule has 9 heteroatoms. The number of para-hydroxylation sites is 2. The third-order valence-corrected chi connectivity index (χ3v) is 5.64. The van der Waals surface area contributed by atoms with Gasteiger partial charge in [-0.05, 0) is 24.3 Å². The Balaban J connectivity index is 0.000000391. The minimum absolute atomic E-state index is 0.0548. The van der Waals surface area contributed by atoms with Gasteiger partial charge in [-0.25, -0.2) is 0 Å². The maximum atomic E-state index is 8.94. The maximum Gasteiger partial charge on any atom is 0.156 e. The quantitative estimate of drug-likeness (QED) is 0.349. The SMILES string of the molecule is BrCCBr.Clc1cccc(Cl)c1OCCBr.Oc1c(Cl)cccc1Cl. The monoisotopic (exact) mass is 616 g/mol. The van der Waals surface area contributed by atoms with E-state index in [-0.39, 0.29) is 15.8 Å². The van der Waals surface area contributed by atoms with E-state index in [1.54, 1.807) is 36.4 Å². The van der Waals surface area contributed by atoms with Gasteiger partial charge in [0.15, 0.2) is 11.5 Å². The van der Waals surface area contributed by atoms with Gasteiger partial charge in [-0.15, -0.1) is 0 Å². The first-order valence-electron chi connectivity index (χ1n) is 6.76. The fourth-order valence-corrected chi connectivity index (χ4v) is 2.32. The van der Waals surface area contributed by atoms with Crippen LogP contribution in [0.5, 0.6) is 11.5 Å². The number of alkyl halides is 3. The predicted octanol–water partition coefficient (Wildman–Crippen LogP) is 8.24. The van der Waals surface area contributed by atoms with E-state index in [0.717, 1.165) is 16.0 Å². The van der Waals surface area contributed by atoms with Crippen LogP contribution in [0.1, 0.15) is 0 Å². The van der Waals surface area contributed by atoms with Crippen molar-refractivity contribution in [3.63, 3.8) is 0 Å². The van der Waals surface area contributed by atoms with E-state index in [4.69, 9.17) is 56.2 Å². The topological polar surface area (TPSA) is 29.5 Å². The average Bonchev–Trinajstić information content (AvgIpc) is 2.60. The molecular formula is C16H15Br3Cl4O2. The number of rotatable bonds is 4. The lowest BCUT2D eigenvalue weighted by atomic mass is 10.3. The van der Waals surface area contributed by atoms with Gasteiger partial charge in [-0.2, -0.15) is 0 Å². The predicted molar refractivity (Wildman–Crippen MR) is 121 cm³/mol. The largest absolute Gasteiger partial charge is 0.505 e.